The quantitative estimate of drug-likeness (QED) is 0.215. The number of hydrogen-bond donors (Lipinski definition) is 2. The maximum Gasteiger partial charge on any atom is 0.0773 e. The molecule has 0 aliphatic rings. The monoisotopic (exact) mass is 356 g/mol. The number of rotatable bonds is 20. The van der Waals surface area contributed by atoms with Gasteiger partial charge >= 0.3 is 0 Å². The molecule has 0 amide bonds. The zero-order valence-corrected chi connectivity index (χ0v) is 16.8. The molecule has 0 fully saturated rings. The molecule has 1 atom stereocenters. The molecule has 3 heteroatoms. The SMILES string of the molecule is CCCCCCCCC=CCCCCCCCCC(O)COCCO. The molecule has 0 saturated carbocycles. The summed E-state index contributed by atoms with van der Waals surface area (Å²) in [5, 5.41) is 18.3. The van der Waals surface area contributed by atoms with Crippen molar-refractivity contribution in [1.82, 2.24) is 0 Å². The van der Waals surface area contributed by atoms with Crippen LogP contribution in [0.15, 0.2) is 12.2 Å². The second-order valence-electron chi connectivity index (χ2n) is 7.18. The molecule has 0 aromatic rings. The van der Waals surface area contributed by atoms with Crippen LogP contribution in [0.3, 0.4) is 0 Å². The van der Waals surface area contributed by atoms with Gasteiger partial charge in [0.15, 0.2) is 0 Å². The standard InChI is InChI=1S/C22H44O3/c1-2-3-4-5-6-7-8-9-10-11-12-13-14-15-16-17-18-22(24)21-25-20-19-23/h9-10,22-24H,2-8,11-21H2,1H3. The van der Waals surface area contributed by atoms with E-state index in [1.165, 1.54) is 83.5 Å². The van der Waals surface area contributed by atoms with Crippen molar-refractivity contribution in [2.45, 2.75) is 109 Å². The third-order valence-corrected chi connectivity index (χ3v) is 4.60. The summed E-state index contributed by atoms with van der Waals surface area (Å²) >= 11 is 0. The van der Waals surface area contributed by atoms with E-state index >= 15 is 0 Å². The Kier molecular flexibility index (Phi) is 21.3. The Morgan fingerprint density at radius 1 is 0.760 bits per heavy atom. The Hall–Kier alpha value is -0.380. The Labute approximate surface area is 156 Å². The summed E-state index contributed by atoms with van der Waals surface area (Å²) in [5.41, 5.74) is 0. The van der Waals surface area contributed by atoms with E-state index in [4.69, 9.17) is 9.84 Å². The molecule has 0 aromatic carbocycles. The molecule has 150 valence electrons. The van der Waals surface area contributed by atoms with Crippen molar-refractivity contribution in [3.05, 3.63) is 12.2 Å². The third-order valence-electron chi connectivity index (χ3n) is 4.60. The lowest BCUT2D eigenvalue weighted by atomic mass is 10.1. The Bertz CT molecular complexity index is 266. The van der Waals surface area contributed by atoms with Crippen molar-refractivity contribution in [3.63, 3.8) is 0 Å². The Morgan fingerprint density at radius 3 is 1.84 bits per heavy atom. The van der Waals surface area contributed by atoms with E-state index in [2.05, 4.69) is 19.1 Å². The molecule has 0 heterocycles. The van der Waals surface area contributed by atoms with Crippen molar-refractivity contribution in [1.29, 1.82) is 0 Å². The highest BCUT2D eigenvalue weighted by Crippen LogP contribution is 2.11. The highest BCUT2D eigenvalue weighted by atomic mass is 16.5. The van der Waals surface area contributed by atoms with E-state index in [9.17, 15) is 5.11 Å². The zero-order chi connectivity index (χ0) is 18.4. The lowest BCUT2D eigenvalue weighted by Gasteiger charge is -2.10. The summed E-state index contributed by atoms with van der Waals surface area (Å²) in [4.78, 5) is 0. The van der Waals surface area contributed by atoms with Crippen molar-refractivity contribution in [2.24, 2.45) is 0 Å². The van der Waals surface area contributed by atoms with Crippen LogP contribution in [0.4, 0.5) is 0 Å². The van der Waals surface area contributed by atoms with Crippen LogP contribution < -0.4 is 0 Å². The average molecular weight is 357 g/mol. The molecule has 2 N–H and O–H groups in total. The number of ether oxygens (including phenoxy) is 1. The summed E-state index contributed by atoms with van der Waals surface area (Å²) in [6, 6.07) is 0. The van der Waals surface area contributed by atoms with Crippen LogP contribution in [0.2, 0.25) is 0 Å². The summed E-state index contributed by atoms with van der Waals surface area (Å²) in [6.07, 6.45) is 23.5. The molecule has 3 nitrogen and oxygen atoms in total. The Balaban J connectivity index is 3.14. The molecule has 0 aliphatic heterocycles. The van der Waals surface area contributed by atoms with Crippen LogP contribution in [0.25, 0.3) is 0 Å². The predicted octanol–water partition coefficient (Wildman–Crippen LogP) is 5.78. The molecule has 0 aromatic heterocycles. The van der Waals surface area contributed by atoms with Crippen molar-refractivity contribution in [3.8, 4) is 0 Å². The van der Waals surface area contributed by atoms with Gasteiger partial charge in [0.1, 0.15) is 0 Å². The van der Waals surface area contributed by atoms with Gasteiger partial charge in [0, 0.05) is 0 Å². The second kappa shape index (κ2) is 21.7. The van der Waals surface area contributed by atoms with Crippen molar-refractivity contribution in [2.75, 3.05) is 19.8 Å². The molecule has 0 bridgehead atoms. The highest BCUT2D eigenvalue weighted by molar-refractivity contribution is 4.81. The minimum absolute atomic E-state index is 0.0287. The summed E-state index contributed by atoms with van der Waals surface area (Å²) in [6.45, 7) is 2.97. The van der Waals surface area contributed by atoms with E-state index in [1.54, 1.807) is 0 Å². The fourth-order valence-electron chi connectivity index (χ4n) is 2.99. The summed E-state index contributed by atoms with van der Waals surface area (Å²) in [7, 11) is 0. The molecular weight excluding hydrogens is 312 g/mol. The van der Waals surface area contributed by atoms with Gasteiger partial charge < -0.3 is 14.9 Å². The van der Waals surface area contributed by atoms with Gasteiger partial charge in [-0.1, -0.05) is 83.3 Å². The van der Waals surface area contributed by atoms with Gasteiger partial charge in [0.2, 0.25) is 0 Å². The van der Waals surface area contributed by atoms with Crippen molar-refractivity contribution < 1.29 is 14.9 Å². The molecule has 0 aliphatic carbocycles. The fourth-order valence-corrected chi connectivity index (χ4v) is 2.99. The van der Waals surface area contributed by atoms with Crippen LogP contribution in [0.5, 0.6) is 0 Å². The molecule has 25 heavy (non-hydrogen) atoms. The lowest BCUT2D eigenvalue weighted by Crippen LogP contribution is -2.16. The minimum atomic E-state index is -0.372. The van der Waals surface area contributed by atoms with Gasteiger partial charge in [-0.15, -0.1) is 0 Å². The van der Waals surface area contributed by atoms with Crippen molar-refractivity contribution >= 4 is 0 Å². The average Bonchev–Trinajstić information content (AvgIpc) is 2.61. The maximum atomic E-state index is 9.68. The maximum absolute atomic E-state index is 9.68. The van der Waals surface area contributed by atoms with E-state index in [1.807, 2.05) is 0 Å². The topological polar surface area (TPSA) is 49.7 Å². The first kappa shape index (κ1) is 24.6. The minimum Gasteiger partial charge on any atom is -0.394 e. The Morgan fingerprint density at radius 2 is 1.28 bits per heavy atom. The summed E-state index contributed by atoms with van der Waals surface area (Å²) in [5.74, 6) is 0. The predicted molar refractivity (Wildman–Crippen MR) is 108 cm³/mol. The molecule has 1 unspecified atom stereocenters. The fraction of sp³-hybridized carbons (Fsp3) is 0.909. The van der Waals surface area contributed by atoms with Crippen LogP contribution in [0.1, 0.15) is 103 Å². The second-order valence-corrected chi connectivity index (χ2v) is 7.18. The first-order chi connectivity index (χ1) is 12.3. The van der Waals surface area contributed by atoms with Gasteiger partial charge in [-0.2, -0.15) is 0 Å². The number of aliphatic hydroxyl groups is 2. The molecule has 0 spiro atoms. The van der Waals surface area contributed by atoms with Crippen LogP contribution in [0, 0.1) is 0 Å². The smallest absolute Gasteiger partial charge is 0.0773 e. The lowest BCUT2D eigenvalue weighted by molar-refractivity contribution is 0.0170. The van der Waals surface area contributed by atoms with E-state index < -0.39 is 0 Å². The molecule has 0 rings (SSSR count). The number of aliphatic hydroxyl groups excluding tert-OH is 2. The van der Waals surface area contributed by atoms with Crippen LogP contribution >= 0.6 is 0 Å². The normalized spacial score (nSPS) is 12.9. The van der Waals surface area contributed by atoms with Gasteiger partial charge in [-0.05, 0) is 32.1 Å². The van der Waals surface area contributed by atoms with Crippen LogP contribution in [-0.4, -0.2) is 36.1 Å². The zero-order valence-electron chi connectivity index (χ0n) is 16.8. The van der Waals surface area contributed by atoms with E-state index in [0.717, 1.165) is 12.8 Å². The van der Waals surface area contributed by atoms with E-state index in [-0.39, 0.29) is 12.7 Å². The van der Waals surface area contributed by atoms with Gasteiger partial charge in [-0.25, -0.2) is 0 Å². The van der Waals surface area contributed by atoms with Crippen LogP contribution in [-0.2, 0) is 4.74 Å². The number of allylic oxidation sites excluding steroid dienone is 2. The molecule has 0 radical (unpaired) electrons. The number of unbranched alkanes of at least 4 members (excludes halogenated alkanes) is 12. The highest BCUT2D eigenvalue weighted by Gasteiger charge is 2.03. The summed E-state index contributed by atoms with van der Waals surface area (Å²) < 4.78 is 5.12. The van der Waals surface area contributed by atoms with Gasteiger partial charge in [-0.3, -0.25) is 0 Å². The first-order valence-corrected chi connectivity index (χ1v) is 10.8. The number of hydrogen-bond acceptors (Lipinski definition) is 3. The third kappa shape index (κ3) is 21.6. The van der Waals surface area contributed by atoms with Gasteiger partial charge in [0.05, 0.1) is 25.9 Å². The van der Waals surface area contributed by atoms with Gasteiger partial charge in [0.25, 0.3) is 0 Å². The largest absolute Gasteiger partial charge is 0.394 e. The first-order valence-electron chi connectivity index (χ1n) is 10.8. The molecule has 0 saturated heterocycles. The van der Waals surface area contributed by atoms with E-state index in [0.29, 0.717) is 13.2 Å². The molecular formula is C22H44O3.